The maximum atomic E-state index is 10.7. The Morgan fingerprint density at radius 2 is 1.50 bits per heavy atom. The lowest BCUT2D eigenvalue weighted by atomic mass is 9.61. The van der Waals surface area contributed by atoms with E-state index in [0.717, 1.165) is 11.1 Å². The highest BCUT2D eigenvalue weighted by Gasteiger charge is 2.15. The first-order chi connectivity index (χ1) is 9.58. The van der Waals surface area contributed by atoms with Crippen molar-refractivity contribution in [2.24, 2.45) is 0 Å². The van der Waals surface area contributed by atoms with E-state index in [1.165, 1.54) is 0 Å². The Morgan fingerprint density at radius 3 is 2.00 bits per heavy atom. The van der Waals surface area contributed by atoms with Crippen molar-refractivity contribution < 1.29 is 4.92 Å². The number of nitrogens with one attached hydrogen (secondary N) is 1. The fourth-order valence-corrected chi connectivity index (χ4v) is 2.15. The van der Waals surface area contributed by atoms with Gasteiger partial charge in [-0.15, -0.1) is 0 Å². The molecule has 1 atom stereocenters. The summed E-state index contributed by atoms with van der Waals surface area (Å²) in [5.74, 6) is 0. The summed E-state index contributed by atoms with van der Waals surface area (Å²) >= 11 is 0. The summed E-state index contributed by atoms with van der Waals surface area (Å²) in [7, 11) is 0. The van der Waals surface area contributed by atoms with Gasteiger partial charge in [-0.25, -0.2) is 0 Å². The minimum Gasteiger partial charge on any atom is -0.304 e. The lowest BCUT2D eigenvalue weighted by molar-refractivity contribution is -0.384. The normalized spacial score (nSPS) is 12.3. The first kappa shape index (κ1) is 14.2. The summed E-state index contributed by atoms with van der Waals surface area (Å²) in [5, 5.41) is 14.2. The maximum absolute atomic E-state index is 10.7. The van der Waals surface area contributed by atoms with Crippen LogP contribution in [0.25, 0.3) is 0 Å². The quantitative estimate of drug-likeness (QED) is 0.665. The topological polar surface area (TPSA) is 55.2 Å². The Labute approximate surface area is 118 Å². The van der Waals surface area contributed by atoms with Crippen LogP contribution in [0.2, 0.25) is 0 Å². The number of rotatable bonds is 5. The molecule has 0 fully saturated rings. The second kappa shape index (κ2) is 6.30. The van der Waals surface area contributed by atoms with Crippen molar-refractivity contribution in [1.82, 2.24) is 5.32 Å². The summed E-state index contributed by atoms with van der Waals surface area (Å²) in [4.78, 5) is 10.3. The number of hydrogen-bond acceptors (Lipinski definition) is 3. The van der Waals surface area contributed by atoms with Gasteiger partial charge in [-0.2, -0.15) is 0 Å². The van der Waals surface area contributed by atoms with Crippen LogP contribution in [0.15, 0.2) is 54.6 Å². The van der Waals surface area contributed by atoms with E-state index in [1.807, 2.05) is 30.3 Å². The molecule has 0 radical (unpaired) electrons. The van der Waals surface area contributed by atoms with Crippen molar-refractivity contribution in [3.8, 4) is 0 Å². The van der Waals surface area contributed by atoms with Gasteiger partial charge in [-0.1, -0.05) is 42.5 Å². The molecule has 0 aromatic heterocycles. The first-order valence-electron chi connectivity index (χ1n) is 6.63. The monoisotopic (exact) mass is 269 g/mol. The van der Waals surface area contributed by atoms with Crippen LogP contribution in [0.1, 0.15) is 31.0 Å². The number of hydrogen-bond donors (Lipinski definition) is 1. The fourth-order valence-electron chi connectivity index (χ4n) is 2.15. The molecule has 20 heavy (non-hydrogen) atoms. The third-order valence-corrected chi connectivity index (χ3v) is 3.07. The highest BCUT2D eigenvalue weighted by molar-refractivity contribution is 5.38. The second-order valence-electron chi connectivity index (χ2n) is 5.01. The summed E-state index contributed by atoms with van der Waals surface area (Å²) in [6.07, 6.45) is 0. The van der Waals surface area contributed by atoms with Crippen LogP contribution in [0.5, 0.6) is 0 Å². The number of nitrogens with zero attached hydrogens (tertiary/aromatic N) is 1. The molecule has 4 nitrogen and oxygen atoms in total. The van der Waals surface area contributed by atoms with E-state index in [0.29, 0.717) is 6.04 Å². The third kappa shape index (κ3) is 3.42. The Balaban J connectivity index is 2.34. The van der Waals surface area contributed by atoms with Gasteiger partial charge in [0.15, 0.2) is 0 Å². The molecule has 0 aliphatic carbocycles. The van der Waals surface area contributed by atoms with Crippen molar-refractivity contribution in [1.29, 1.82) is 0 Å². The number of nitro benzene ring substituents is 1. The zero-order chi connectivity index (χ0) is 14.5. The Kier molecular flexibility index (Phi) is 4.48. The molecular formula is C16H18N2O2. The predicted molar refractivity (Wildman–Crippen MR) is 79.7 cm³/mol. The molecule has 2 rings (SSSR count). The van der Waals surface area contributed by atoms with E-state index < -0.39 is 0 Å². The number of benzene rings is 2. The molecule has 0 heterocycles. The molecular weight excluding hydrogens is 251 g/mol. The van der Waals surface area contributed by atoms with Gasteiger partial charge >= 0.3 is 0 Å². The lowest BCUT2D eigenvalue weighted by Crippen LogP contribution is -2.28. The predicted octanol–water partition coefficient (Wildman–Crippen LogP) is 3.68. The molecule has 0 spiro atoms. The van der Waals surface area contributed by atoms with E-state index >= 15 is 0 Å². The summed E-state index contributed by atoms with van der Waals surface area (Å²) in [6, 6.07) is 17.2. The van der Waals surface area contributed by atoms with Crippen LogP contribution in [0.3, 0.4) is 0 Å². The smallest absolute Gasteiger partial charge is 0.269 e. The largest absolute Gasteiger partial charge is 0.304 e. The van der Waals surface area contributed by atoms with Gasteiger partial charge in [0.25, 0.3) is 5.69 Å². The fraction of sp³-hybridized carbons (Fsp3) is 0.250. The zero-order valence-corrected chi connectivity index (χ0v) is 11.6. The molecule has 0 amide bonds. The van der Waals surface area contributed by atoms with Crippen LogP contribution in [-0.4, -0.2) is 11.0 Å². The molecule has 1 N–H and O–H groups in total. The Bertz CT molecular complexity index is 565. The van der Waals surface area contributed by atoms with Crippen molar-refractivity contribution >= 4 is 5.69 Å². The lowest BCUT2D eigenvalue weighted by Gasteiger charge is -2.22. The molecule has 104 valence electrons. The van der Waals surface area contributed by atoms with Crippen LogP contribution >= 0.6 is 0 Å². The minimum atomic E-state index is -0.378. The van der Waals surface area contributed by atoms with E-state index in [4.69, 9.17) is 0 Å². The highest BCUT2D eigenvalue weighted by Crippen LogP contribution is 2.24. The van der Waals surface area contributed by atoms with Gasteiger partial charge < -0.3 is 5.32 Å². The third-order valence-electron chi connectivity index (χ3n) is 3.07. The van der Waals surface area contributed by atoms with Gasteiger partial charge in [0, 0.05) is 18.2 Å². The summed E-state index contributed by atoms with van der Waals surface area (Å²) in [6.45, 7) is 4.17. The molecule has 0 bridgehead atoms. The average Bonchev–Trinajstić information content (AvgIpc) is 2.45. The molecule has 0 aliphatic rings. The standard InChI is InChI=1S/C16H18N2O2/c1-12(2)17-16(13-6-4-3-5-7-13)14-8-10-15(11-9-14)18(19)20/h3-12,16-17H,1-2H3/i16-1. The molecule has 2 aromatic carbocycles. The molecule has 1 unspecified atom stereocenters. The van der Waals surface area contributed by atoms with Gasteiger partial charge in [0.05, 0.1) is 11.0 Å². The van der Waals surface area contributed by atoms with Gasteiger partial charge in [0.2, 0.25) is 0 Å². The molecule has 0 saturated carbocycles. The first-order valence-corrected chi connectivity index (χ1v) is 6.63. The van der Waals surface area contributed by atoms with Crippen molar-refractivity contribution in [2.75, 3.05) is 0 Å². The van der Waals surface area contributed by atoms with E-state index in [-0.39, 0.29) is 16.7 Å². The Morgan fingerprint density at radius 1 is 0.950 bits per heavy atom. The second-order valence-corrected chi connectivity index (χ2v) is 5.01. The van der Waals surface area contributed by atoms with E-state index in [2.05, 4.69) is 31.3 Å². The molecule has 4 heteroatoms. The van der Waals surface area contributed by atoms with Gasteiger partial charge in [-0.05, 0) is 25.0 Å². The van der Waals surface area contributed by atoms with Gasteiger partial charge in [-0.3, -0.25) is 10.1 Å². The number of nitro groups is 1. The van der Waals surface area contributed by atoms with Crippen molar-refractivity contribution in [3.63, 3.8) is 0 Å². The maximum Gasteiger partial charge on any atom is 0.269 e. The minimum absolute atomic E-state index is 0.0389. The van der Waals surface area contributed by atoms with Crippen LogP contribution in [0.4, 0.5) is 5.69 Å². The van der Waals surface area contributed by atoms with E-state index in [1.54, 1.807) is 12.1 Å². The Hall–Kier alpha value is -2.20. The summed E-state index contributed by atoms with van der Waals surface area (Å²) in [5.41, 5.74) is 2.29. The SMILES string of the molecule is CC(C)N[11CH](c1ccccc1)c1ccc([N+](=O)[O-])cc1. The zero-order valence-electron chi connectivity index (χ0n) is 11.6. The highest BCUT2D eigenvalue weighted by atomic mass is 16.6. The molecule has 0 aliphatic heterocycles. The van der Waals surface area contributed by atoms with Crippen LogP contribution in [0, 0.1) is 10.1 Å². The van der Waals surface area contributed by atoms with E-state index in [9.17, 15) is 10.1 Å². The number of non-ortho nitro benzene ring substituents is 1. The average molecular weight is 269 g/mol. The van der Waals surface area contributed by atoms with Crippen molar-refractivity contribution in [2.45, 2.75) is 25.9 Å². The van der Waals surface area contributed by atoms with Gasteiger partial charge in [0.1, 0.15) is 0 Å². The summed E-state index contributed by atoms with van der Waals surface area (Å²) < 4.78 is 0. The van der Waals surface area contributed by atoms with Crippen LogP contribution in [-0.2, 0) is 0 Å². The molecule has 2 aromatic rings. The van der Waals surface area contributed by atoms with Crippen LogP contribution < -0.4 is 5.32 Å². The van der Waals surface area contributed by atoms with Crippen molar-refractivity contribution in [3.05, 3.63) is 75.8 Å². The molecule has 0 saturated heterocycles.